The third-order valence-corrected chi connectivity index (χ3v) is 2.39. The molecule has 19 heavy (non-hydrogen) atoms. The second-order valence-electron chi connectivity index (χ2n) is 4.16. The number of Topliss-reactive ketones (excluding diaryl/α,β-unsaturated/α-hetero) is 1. The molecule has 7 nitrogen and oxygen atoms in total. The highest BCUT2D eigenvalue weighted by Crippen LogP contribution is 1.99. The number of carboxylic acids is 1. The standard InChI is InChI=1S/C12H22N2O5/c1-9(15)3-4-10(12(17)18)14-11(16)5-7-19-8-6-13-2/h10,13H,3-8H2,1-2H3,(H,14,16)(H,17,18). The number of nitrogens with one attached hydrogen (secondary N) is 2. The number of carbonyl (C=O) groups is 3. The van der Waals surface area contributed by atoms with E-state index in [1.165, 1.54) is 6.92 Å². The molecule has 0 aliphatic rings. The van der Waals surface area contributed by atoms with E-state index in [-0.39, 0.29) is 37.6 Å². The lowest BCUT2D eigenvalue weighted by molar-refractivity contribution is -0.142. The van der Waals surface area contributed by atoms with Crippen molar-refractivity contribution in [2.24, 2.45) is 0 Å². The van der Waals surface area contributed by atoms with Crippen LogP contribution in [0.2, 0.25) is 0 Å². The summed E-state index contributed by atoms with van der Waals surface area (Å²) >= 11 is 0. The average Bonchev–Trinajstić information content (AvgIpc) is 2.33. The van der Waals surface area contributed by atoms with Gasteiger partial charge in [0.25, 0.3) is 0 Å². The molecule has 0 radical (unpaired) electrons. The molecule has 110 valence electrons. The summed E-state index contributed by atoms with van der Waals surface area (Å²) in [5.74, 6) is -1.62. The maximum atomic E-state index is 11.5. The monoisotopic (exact) mass is 274 g/mol. The van der Waals surface area contributed by atoms with Gasteiger partial charge in [-0.2, -0.15) is 0 Å². The molecule has 7 heteroatoms. The van der Waals surface area contributed by atoms with E-state index in [2.05, 4.69) is 10.6 Å². The minimum atomic E-state index is -1.13. The lowest BCUT2D eigenvalue weighted by Gasteiger charge is -2.13. The minimum Gasteiger partial charge on any atom is -0.480 e. The third kappa shape index (κ3) is 10.2. The molecule has 0 aromatic rings. The van der Waals surface area contributed by atoms with Crippen LogP contribution in [0.5, 0.6) is 0 Å². The Kier molecular flexibility index (Phi) is 9.64. The molecule has 0 bridgehead atoms. The van der Waals surface area contributed by atoms with Crippen molar-refractivity contribution in [1.82, 2.24) is 10.6 Å². The van der Waals surface area contributed by atoms with Gasteiger partial charge in [0.2, 0.25) is 5.91 Å². The lowest BCUT2D eigenvalue weighted by atomic mass is 10.1. The van der Waals surface area contributed by atoms with Gasteiger partial charge in [0.1, 0.15) is 11.8 Å². The van der Waals surface area contributed by atoms with Crippen molar-refractivity contribution < 1.29 is 24.2 Å². The number of carbonyl (C=O) groups excluding carboxylic acids is 2. The van der Waals surface area contributed by atoms with Crippen LogP contribution in [-0.2, 0) is 19.1 Å². The van der Waals surface area contributed by atoms with Crippen molar-refractivity contribution in [3.63, 3.8) is 0 Å². The van der Waals surface area contributed by atoms with Gasteiger partial charge in [0, 0.05) is 19.4 Å². The smallest absolute Gasteiger partial charge is 0.326 e. The third-order valence-electron chi connectivity index (χ3n) is 2.39. The summed E-state index contributed by atoms with van der Waals surface area (Å²) in [6.45, 7) is 2.82. The predicted molar refractivity (Wildman–Crippen MR) is 68.8 cm³/mol. The van der Waals surface area contributed by atoms with E-state index in [0.29, 0.717) is 13.2 Å². The molecule has 0 aliphatic heterocycles. The van der Waals surface area contributed by atoms with Gasteiger partial charge in [-0.25, -0.2) is 4.79 Å². The van der Waals surface area contributed by atoms with Crippen LogP contribution in [0.15, 0.2) is 0 Å². The molecule has 0 saturated heterocycles. The number of ether oxygens (including phenoxy) is 1. The van der Waals surface area contributed by atoms with Gasteiger partial charge in [0.15, 0.2) is 0 Å². The van der Waals surface area contributed by atoms with Crippen LogP contribution >= 0.6 is 0 Å². The highest BCUT2D eigenvalue weighted by atomic mass is 16.5. The molecular weight excluding hydrogens is 252 g/mol. The number of ketones is 1. The summed E-state index contributed by atoms with van der Waals surface area (Å²) in [5.41, 5.74) is 0. The van der Waals surface area contributed by atoms with Crippen molar-refractivity contribution in [2.75, 3.05) is 26.8 Å². The van der Waals surface area contributed by atoms with Crippen molar-refractivity contribution >= 4 is 17.7 Å². The highest BCUT2D eigenvalue weighted by molar-refractivity contribution is 5.84. The van der Waals surface area contributed by atoms with Crippen LogP contribution in [-0.4, -0.2) is 55.6 Å². The molecule has 0 fully saturated rings. The number of likely N-dealkylation sites (N-methyl/N-ethyl adjacent to an activating group) is 1. The molecule has 0 aliphatic carbocycles. The van der Waals surface area contributed by atoms with E-state index in [1.807, 2.05) is 0 Å². The fourth-order valence-electron chi connectivity index (χ4n) is 1.31. The summed E-state index contributed by atoms with van der Waals surface area (Å²) in [6, 6.07) is -1.02. The van der Waals surface area contributed by atoms with Gasteiger partial charge in [-0.15, -0.1) is 0 Å². The number of hydrogen-bond acceptors (Lipinski definition) is 5. The van der Waals surface area contributed by atoms with Crippen LogP contribution in [0, 0.1) is 0 Å². The zero-order chi connectivity index (χ0) is 14.7. The molecule has 1 amide bonds. The van der Waals surface area contributed by atoms with Gasteiger partial charge in [-0.3, -0.25) is 4.79 Å². The van der Waals surface area contributed by atoms with Crippen LogP contribution in [0.25, 0.3) is 0 Å². The van der Waals surface area contributed by atoms with Gasteiger partial charge in [-0.05, 0) is 20.4 Å². The van der Waals surface area contributed by atoms with Crippen molar-refractivity contribution in [3.05, 3.63) is 0 Å². The number of aliphatic carboxylic acids is 1. The summed E-state index contributed by atoms with van der Waals surface area (Å²) < 4.78 is 5.16. The highest BCUT2D eigenvalue weighted by Gasteiger charge is 2.19. The normalized spacial score (nSPS) is 11.9. The fraction of sp³-hybridized carbons (Fsp3) is 0.750. The second kappa shape index (κ2) is 10.5. The first-order valence-corrected chi connectivity index (χ1v) is 6.21. The van der Waals surface area contributed by atoms with Gasteiger partial charge < -0.3 is 25.3 Å². The maximum absolute atomic E-state index is 11.5. The Morgan fingerprint density at radius 2 is 1.89 bits per heavy atom. The number of amides is 1. The molecule has 3 N–H and O–H groups in total. The Balaban J connectivity index is 3.90. The van der Waals surface area contributed by atoms with Crippen molar-refractivity contribution in [2.45, 2.75) is 32.2 Å². The quantitative estimate of drug-likeness (QED) is 0.441. The number of rotatable bonds is 11. The Labute approximate surface area is 112 Å². The molecule has 0 heterocycles. The van der Waals surface area contributed by atoms with E-state index >= 15 is 0 Å². The van der Waals surface area contributed by atoms with E-state index < -0.39 is 12.0 Å². The summed E-state index contributed by atoms with van der Waals surface area (Å²) in [7, 11) is 1.79. The first-order valence-electron chi connectivity index (χ1n) is 6.21. The molecule has 0 saturated carbocycles. The van der Waals surface area contributed by atoms with E-state index in [1.54, 1.807) is 7.05 Å². The van der Waals surface area contributed by atoms with Crippen LogP contribution in [0.3, 0.4) is 0 Å². The topological polar surface area (TPSA) is 105 Å². The van der Waals surface area contributed by atoms with Gasteiger partial charge >= 0.3 is 5.97 Å². The summed E-state index contributed by atoms with van der Waals surface area (Å²) in [6.07, 6.45) is 0.348. The molecule has 0 aromatic carbocycles. The molecule has 0 spiro atoms. The zero-order valence-corrected chi connectivity index (χ0v) is 11.4. The SMILES string of the molecule is CNCCOCCC(=O)NC(CCC(C)=O)C(=O)O. The first-order chi connectivity index (χ1) is 8.97. The van der Waals surface area contributed by atoms with Crippen LogP contribution in [0.4, 0.5) is 0 Å². The fourth-order valence-corrected chi connectivity index (χ4v) is 1.31. The molecule has 0 rings (SSSR count). The van der Waals surface area contributed by atoms with Crippen molar-refractivity contribution in [1.29, 1.82) is 0 Å². The molecule has 1 atom stereocenters. The number of carboxylic acid groups (broad SMARTS) is 1. The van der Waals surface area contributed by atoms with Crippen LogP contribution < -0.4 is 10.6 Å². The molecule has 0 aromatic heterocycles. The van der Waals surface area contributed by atoms with Gasteiger partial charge in [-0.1, -0.05) is 0 Å². The summed E-state index contributed by atoms with van der Waals surface area (Å²) in [4.78, 5) is 33.2. The summed E-state index contributed by atoms with van der Waals surface area (Å²) in [5, 5.41) is 14.2. The Morgan fingerprint density at radius 3 is 2.42 bits per heavy atom. The molecule has 1 unspecified atom stereocenters. The maximum Gasteiger partial charge on any atom is 0.326 e. The Bertz CT molecular complexity index is 306. The van der Waals surface area contributed by atoms with E-state index in [4.69, 9.17) is 9.84 Å². The average molecular weight is 274 g/mol. The lowest BCUT2D eigenvalue weighted by Crippen LogP contribution is -2.41. The van der Waals surface area contributed by atoms with E-state index in [0.717, 1.165) is 0 Å². The Morgan fingerprint density at radius 1 is 1.21 bits per heavy atom. The largest absolute Gasteiger partial charge is 0.480 e. The second-order valence-corrected chi connectivity index (χ2v) is 4.16. The zero-order valence-electron chi connectivity index (χ0n) is 11.4. The minimum absolute atomic E-state index is 0.101. The Hall–Kier alpha value is -1.47. The predicted octanol–water partition coefficient (Wildman–Crippen LogP) is -0.449. The van der Waals surface area contributed by atoms with E-state index in [9.17, 15) is 14.4 Å². The van der Waals surface area contributed by atoms with Crippen LogP contribution in [0.1, 0.15) is 26.2 Å². The molecular formula is C12H22N2O5. The van der Waals surface area contributed by atoms with Gasteiger partial charge in [0.05, 0.1) is 13.2 Å². The number of hydrogen-bond donors (Lipinski definition) is 3. The first kappa shape index (κ1) is 17.5. The van der Waals surface area contributed by atoms with Crippen molar-refractivity contribution in [3.8, 4) is 0 Å².